The minimum absolute atomic E-state index is 0.856. The lowest BCUT2D eigenvalue weighted by molar-refractivity contribution is 0.0398. The van der Waals surface area contributed by atoms with Gasteiger partial charge in [0.1, 0.15) is 0 Å². The molecule has 2 heterocycles. The van der Waals surface area contributed by atoms with E-state index in [0.717, 1.165) is 51.5 Å². The van der Waals surface area contributed by atoms with Crippen LogP contribution < -0.4 is 5.32 Å². The Morgan fingerprint density at radius 2 is 1.93 bits per heavy atom. The third-order valence-corrected chi connectivity index (χ3v) is 5.52. The molecule has 0 saturated carbocycles. The standard InChI is InChI=1S/C22H24N4O/c1-2-4-16(5-3-1)21-20-15-17-14-18(6-7-19(17)22(20)25-24-21)23-8-9-26-10-12-27-13-11-26/h1-7,14,23H,8-13,15H2,(H,24,25). The van der Waals surface area contributed by atoms with Gasteiger partial charge < -0.3 is 10.1 Å². The third-order valence-electron chi connectivity index (χ3n) is 5.52. The molecular formula is C22H24N4O. The molecule has 2 aliphatic rings. The topological polar surface area (TPSA) is 53.2 Å². The van der Waals surface area contributed by atoms with Crippen LogP contribution in [0, 0.1) is 0 Å². The van der Waals surface area contributed by atoms with Crippen molar-refractivity contribution in [2.24, 2.45) is 0 Å². The van der Waals surface area contributed by atoms with Crippen LogP contribution in [0.5, 0.6) is 0 Å². The molecule has 5 rings (SSSR count). The minimum atomic E-state index is 0.856. The summed E-state index contributed by atoms with van der Waals surface area (Å²) in [5.41, 5.74) is 8.56. The molecule has 1 saturated heterocycles. The van der Waals surface area contributed by atoms with Crippen LogP contribution in [0.4, 0.5) is 5.69 Å². The van der Waals surface area contributed by atoms with Crippen LogP contribution in [-0.2, 0) is 11.2 Å². The average Bonchev–Trinajstić information content (AvgIpc) is 3.28. The summed E-state index contributed by atoms with van der Waals surface area (Å²) in [5, 5.41) is 11.4. The number of rotatable bonds is 5. The lowest BCUT2D eigenvalue weighted by Crippen LogP contribution is -2.39. The molecule has 0 radical (unpaired) electrons. The number of nitrogens with zero attached hydrogens (tertiary/aromatic N) is 2. The van der Waals surface area contributed by atoms with Crippen molar-refractivity contribution in [2.45, 2.75) is 6.42 Å². The Kier molecular flexibility index (Phi) is 4.40. The molecule has 27 heavy (non-hydrogen) atoms. The number of hydrogen-bond acceptors (Lipinski definition) is 4. The second-order valence-electron chi connectivity index (χ2n) is 7.22. The van der Waals surface area contributed by atoms with Crippen LogP contribution >= 0.6 is 0 Å². The number of ether oxygens (including phenoxy) is 1. The molecule has 138 valence electrons. The maximum atomic E-state index is 5.41. The van der Waals surface area contributed by atoms with Crippen molar-refractivity contribution in [3.63, 3.8) is 0 Å². The van der Waals surface area contributed by atoms with Gasteiger partial charge in [-0.1, -0.05) is 36.4 Å². The number of morpholine rings is 1. The second-order valence-corrected chi connectivity index (χ2v) is 7.22. The van der Waals surface area contributed by atoms with E-state index in [1.807, 2.05) is 6.07 Å². The first kappa shape index (κ1) is 16.5. The monoisotopic (exact) mass is 360 g/mol. The van der Waals surface area contributed by atoms with E-state index in [1.54, 1.807) is 0 Å². The highest BCUT2D eigenvalue weighted by molar-refractivity contribution is 5.82. The van der Waals surface area contributed by atoms with Gasteiger partial charge in [-0.2, -0.15) is 5.10 Å². The predicted molar refractivity (Wildman–Crippen MR) is 108 cm³/mol. The normalized spacial score (nSPS) is 16.1. The molecule has 1 fully saturated rings. The molecule has 0 amide bonds. The summed E-state index contributed by atoms with van der Waals surface area (Å²) in [6, 6.07) is 17.1. The Hall–Kier alpha value is -2.63. The zero-order chi connectivity index (χ0) is 18.1. The zero-order valence-corrected chi connectivity index (χ0v) is 15.4. The molecule has 5 nitrogen and oxygen atoms in total. The van der Waals surface area contributed by atoms with E-state index < -0.39 is 0 Å². The first-order chi connectivity index (χ1) is 13.4. The number of aromatic amines is 1. The van der Waals surface area contributed by atoms with E-state index in [-0.39, 0.29) is 0 Å². The van der Waals surface area contributed by atoms with Gasteiger partial charge in [-0.25, -0.2) is 0 Å². The third kappa shape index (κ3) is 3.24. The first-order valence-electron chi connectivity index (χ1n) is 9.68. The maximum absolute atomic E-state index is 5.41. The highest BCUT2D eigenvalue weighted by Gasteiger charge is 2.25. The van der Waals surface area contributed by atoms with Gasteiger partial charge in [0.05, 0.1) is 24.6 Å². The highest BCUT2D eigenvalue weighted by atomic mass is 16.5. The van der Waals surface area contributed by atoms with Crippen LogP contribution in [0.15, 0.2) is 48.5 Å². The Bertz CT molecular complexity index is 929. The van der Waals surface area contributed by atoms with Crippen molar-refractivity contribution < 1.29 is 4.74 Å². The molecule has 2 aromatic carbocycles. The van der Waals surface area contributed by atoms with Crippen molar-refractivity contribution in [3.8, 4) is 22.5 Å². The van der Waals surface area contributed by atoms with Crippen molar-refractivity contribution in [1.82, 2.24) is 15.1 Å². The molecule has 0 atom stereocenters. The van der Waals surface area contributed by atoms with Crippen molar-refractivity contribution in [2.75, 3.05) is 44.7 Å². The SMILES string of the molecule is c1ccc(-c2n[nH]c3c2Cc2cc(NCCN4CCOCC4)ccc2-3)cc1. The molecular weight excluding hydrogens is 336 g/mol. The van der Waals surface area contributed by atoms with Crippen molar-refractivity contribution in [3.05, 3.63) is 59.7 Å². The van der Waals surface area contributed by atoms with Gasteiger partial charge in [0.15, 0.2) is 0 Å². The van der Waals surface area contributed by atoms with Gasteiger partial charge in [-0.15, -0.1) is 0 Å². The molecule has 0 spiro atoms. The van der Waals surface area contributed by atoms with Crippen LogP contribution in [0.2, 0.25) is 0 Å². The van der Waals surface area contributed by atoms with E-state index in [9.17, 15) is 0 Å². The van der Waals surface area contributed by atoms with Gasteiger partial charge in [0, 0.05) is 55.0 Å². The summed E-state index contributed by atoms with van der Waals surface area (Å²) in [6.07, 6.45) is 0.935. The van der Waals surface area contributed by atoms with E-state index >= 15 is 0 Å². The predicted octanol–water partition coefficient (Wildman–Crippen LogP) is 3.39. The van der Waals surface area contributed by atoms with Gasteiger partial charge in [-0.3, -0.25) is 10.00 Å². The molecule has 0 unspecified atom stereocenters. The summed E-state index contributed by atoms with van der Waals surface area (Å²) in [6.45, 7) is 5.80. The molecule has 1 aromatic heterocycles. The van der Waals surface area contributed by atoms with E-state index in [4.69, 9.17) is 4.74 Å². The summed E-state index contributed by atoms with van der Waals surface area (Å²) >= 11 is 0. The number of aromatic nitrogens is 2. The molecule has 2 N–H and O–H groups in total. The molecule has 1 aliphatic carbocycles. The molecule has 5 heteroatoms. The second kappa shape index (κ2) is 7.18. The van der Waals surface area contributed by atoms with E-state index in [0.29, 0.717) is 0 Å². The van der Waals surface area contributed by atoms with Crippen LogP contribution in [0.3, 0.4) is 0 Å². The first-order valence-corrected chi connectivity index (χ1v) is 9.68. The number of hydrogen-bond donors (Lipinski definition) is 2. The fourth-order valence-corrected chi connectivity index (χ4v) is 4.06. The average molecular weight is 360 g/mol. The highest BCUT2D eigenvalue weighted by Crippen LogP contribution is 2.40. The smallest absolute Gasteiger partial charge is 0.0962 e. The summed E-state index contributed by atoms with van der Waals surface area (Å²) in [7, 11) is 0. The largest absolute Gasteiger partial charge is 0.384 e. The van der Waals surface area contributed by atoms with Gasteiger partial charge >= 0.3 is 0 Å². The molecule has 3 aromatic rings. The number of nitrogens with one attached hydrogen (secondary N) is 2. The van der Waals surface area contributed by atoms with Crippen molar-refractivity contribution in [1.29, 1.82) is 0 Å². The van der Waals surface area contributed by atoms with Crippen LogP contribution in [0.25, 0.3) is 22.5 Å². The molecule has 0 bridgehead atoms. The van der Waals surface area contributed by atoms with Crippen LogP contribution in [0.1, 0.15) is 11.1 Å². The molecule has 1 aliphatic heterocycles. The van der Waals surface area contributed by atoms with Gasteiger partial charge in [0.2, 0.25) is 0 Å². The maximum Gasteiger partial charge on any atom is 0.0962 e. The Labute approximate surface area is 159 Å². The zero-order valence-electron chi connectivity index (χ0n) is 15.4. The fourth-order valence-electron chi connectivity index (χ4n) is 4.06. The van der Waals surface area contributed by atoms with Crippen LogP contribution in [-0.4, -0.2) is 54.5 Å². The number of H-pyrrole nitrogens is 1. The van der Waals surface area contributed by atoms with Crippen molar-refractivity contribution >= 4 is 5.69 Å². The lowest BCUT2D eigenvalue weighted by Gasteiger charge is -2.26. The summed E-state index contributed by atoms with van der Waals surface area (Å²) in [4.78, 5) is 2.45. The van der Waals surface area contributed by atoms with Gasteiger partial charge in [-0.05, 0) is 17.7 Å². The number of benzene rings is 2. The Morgan fingerprint density at radius 1 is 1.07 bits per heavy atom. The Balaban J connectivity index is 1.29. The van der Waals surface area contributed by atoms with Gasteiger partial charge in [0.25, 0.3) is 0 Å². The Morgan fingerprint density at radius 3 is 2.78 bits per heavy atom. The number of anilines is 1. The minimum Gasteiger partial charge on any atom is -0.384 e. The summed E-state index contributed by atoms with van der Waals surface area (Å²) < 4.78 is 5.41. The lowest BCUT2D eigenvalue weighted by atomic mass is 10.1. The van der Waals surface area contributed by atoms with E-state index in [2.05, 4.69) is 62.9 Å². The summed E-state index contributed by atoms with van der Waals surface area (Å²) in [5.74, 6) is 0. The van der Waals surface area contributed by atoms with E-state index in [1.165, 1.54) is 33.6 Å². The quantitative estimate of drug-likeness (QED) is 0.573. The fraction of sp³-hybridized carbons (Fsp3) is 0.318. The number of fused-ring (bicyclic) bond motifs is 3.